The highest BCUT2D eigenvalue weighted by atomic mass is 16.6. The number of ether oxygens (including phenoxy) is 2. The molecule has 1 fully saturated rings. The van der Waals surface area contributed by atoms with E-state index in [4.69, 9.17) is 9.47 Å². The third-order valence-electron chi connectivity index (χ3n) is 5.57. The molecule has 1 aliphatic heterocycles. The predicted octanol–water partition coefficient (Wildman–Crippen LogP) is 4.27. The Bertz CT molecular complexity index is 1650. The molecule has 1 saturated heterocycles. The van der Waals surface area contributed by atoms with E-state index < -0.39 is 49.6 Å². The third-order valence-corrected chi connectivity index (χ3v) is 5.57. The van der Waals surface area contributed by atoms with Crippen molar-refractivity contribution >= 4 is 46.7 Å². The highest BCUT2D eigenvalue weighted by Gasteiger charge is 2.37. The van der Waals surface area contributed by atoms with Crippen molar-refractivity contribution in [1.82, 2.24) is 5.32 Å². The molecule has 0 unspecified atom stereocenters. The van der Waals surface area contributed by atoms with Crippen LogP contribution in [-0.4, -0.2) is 39.2 Å². The van der Waals surface area contributed by atoms with Crippen molar-refractivity contribution in [1.29, 1.82) is 0 Å². The number of nitrogens with zero attached hydrogens (tertiary/aromatic N) is 4. The Morgan fingerprint density at radius 1 is 0.805 bits per heavy atom. The molecular formula is C25H17N5O11. The fourth-order valence-corrected chi connectivity index (χ4v) is 3.72. The Hall–Kier alpha value is -6.19. The van der Waals surface area contributed by atoms with Gasteiger partial charge in [-0.3, -0.25) is 45.2 Å². The lowest BCUT2D eigenvalue weighted by atomic mass is 10.1. The predicted molar refractivity (Wildman–Crippen MR) is 140 cm³/mol. The molecule has 208 valence electrons. The summed E-state index contributed by atoms with van der Waals surface area (Å²) in [5.74, 6) is -2.23. The molecule has 16 heteroatoms. The Balaban J connectivity index is 1.68. The summed E-state index contributed by atoms with van der Waals surface area (Å²) >= 11 is 0. The van der Waals surface area contributed by atoms with Crippen LogP contribution in [0.25, 0.3) is 6.08 Å². The van der Waals surface area contributed by atoms with E-state index in [9.17, 15) is 44.7 Å². The lowest BCUT2D eigenvalue weighted by Gasteiger charge is -2.26. The van der Waals surface area contributed by atoms with Crippen molar-refractivity contribution in [2.24, 2.45) is 0 Å². The zero-order valence-electron chi connectivity index (χ0n) is 20.8. The monoisotopic (exact) mass is 563 g/mol. The summed E-state index contributed by atoms with van der Waals surface area (Å²) < 4.78 is 11.2. The molecule has 1 heterocycles. The van der Waals surface area contributed by atoms with Gasteiger partial charge in [0, 0.05) is 18.2 Å². The van der Waals surface area contributed by atoms with Gasteiger partial charge in [0.05, 0.1) is 33.1 Å². The number of anilines is 1. The molecule has 0 bridgehead atoms. The zero-order chi connectivity index (χ0) is 29.8. The summed E-state index contributed by atoms with van der Waals surface area (Å²) in [6.45, 7) is 1.77. The Morgan fingerprint density at radius 2 is 1.44 bits per heavy atom. The van der Waals surface area contributed by atoms with Gasteiger partial charge in [-0.1, -0.05) is 6.07 Å². The molecule has 41 heavy (non-hydrogen) atoms. The number of carbonyl (C=O) groups is 3. The summed E-state index contributed by atoms with van der Waals surface area (Å²) in [5, 5.41) is 35.4. The van der Waals surface area contributed by atoms with Crippen LogP contribution in [0.4, 0.5) is 27.5 Å². The van der Waals surface area contributed by atoms with E-state index in [1.54, 1.807) is 6.92 Å². The molecule has 0 aromatic heterocycles. The number of nitro benzene ring substituents is 3. The Kier molecular flexibility index (Phi) is 7.66. The molecule has 1 N–H and O–H groups in total. The molecular weight excluding hydrogens is 546 g/mol. The quantitative estimate of drug-likeness (QED) is 0.168. The number of hydrogen-bond acceptors (Lipinski definition) is 11. The summed E-state index contributed by atoms with van der Waals surface area (Å²) in [6.07, 6.45) is 1.17. The highest BCUT2D eigenvalue weighted by molar-refractivity contribution is 6.39. The van der Waals surface area contributed by atoms with E-state index in [0.717, 1.165) is 30.3 Å². The van der Waals surface area contributed by atoms with Gasteiger partial charge in [0.15, 0.2) is 11.5 Å². The number of amides is 4. The van der Waals surface area contributed by atoms with E-state index in [0.29, 0.717) is 4.90 Å². The first-order valence-corrected chi connectivity index (χ1v) is 11.5. The number of barbiturate groups is 1. The van der Waals surface area contributed by atoms with Crippen molar-refractivity contribution in [3.05, 3.63) is 102 Å². The molecule has 0 saturated carbocycles. The standard InChI is InChI=1S/C25H17N5O11/c1-2-40-22-12-14(3-9-21(22)41-20-10-8-17(29(36)37)13-19(20)30(38)39)11-18-23(31)26-25(33)27(24(18)32)15-4-6-16(7-5-15)28(34)35/h3-13H,2H2,1H3,(H,26,31,33)/b18-11+. The van der Waals surface area contributed by atoms with Gasteiger partial charge in [-0.15, -0.1) is 0 Å². The number of urea groups is 1. The molecule has 4 rings (SSSR count). The van der Waals surface area contributed by atoms with Crippen molar-refractivity contribution in [2.75, 3.05) is 11.5 Å². The number of benzene rings is 3. The molecule has 0 spiro atoms. The van der Waals surface area contributed by atoms with E-state index >= 15 is 0 Å². The first kappa shape index (κ1) is 27.8. The second kappa shape index (κ2) is 11.3. The zero-order valence-corrected chi connectivity index (χ0v) is 20.8. The first-order valence-electron chi connectivity index (χ1n) is 11.5. The van der Waals surface area contributed by atoms with E-state index in [2.05, 4.69) is 0 Å². The fourth-order valence-electron chi connectivity index (χ4n) is 3.72. The van der Waals surface area contributed by atoms with Gasteiger partial charge in [-0.05, 0) is 48.9 Å². The van der Waals surface area contributed by atoms with Crippen LogP contribution in [-0.2, 0) is 9.59 Å². The number of nitrogens with one attached hydrogen (secondary N) is 1. The second-order valence-corrected chi connectivity index (χ2v) is 8.14. The number of imide groups is 2. The van der Waals surface area contributed by atoms with Gasteiger partial charge in [0.25, 0.3) is 23.2 Å². The van der Waals surface area contributed by atoms with E-state index in [1.807, 2.05) is 5.32 Å². The average Bonchev–Trinajstić information content (AvgIpc) is 2.92. The maximum absolute atomic E-state index is 13.1. The topological polar surface area (TPSA) is 214 Å². The Morgan fingerprint density at radius 3 is 2.05 bits per heavy atom. The van der Waals surface area contributed by atoms with Crippen LogP contribution in [0.2, 0.25) is 0 Å². The molecule has 1 aliphatic rings. The molecule has 3 aromatic carbocycles. The van der Waals surface area contributed by atoms with Crippen molar-refractivity contribution < 1.29 is 38.6 Å². The summed E-state index contributed by atoms with van der Waals surface area (Å²) in [5.41, 5.74) is -1.64. The number of non-ortho nitro benzene ring substituents is 2. The molecule has 0 aliphatic carbocycles. The van der Waals surface area contributed by atoms with Crippen molar-refractivity contribution in [2.45, 2.75) is 6.92 Å². The molecule has 0 atom stereocenters. The van der Waals surface area contributed by atoms with Crippen molar-refractivity contribution in [3.8, 4) is 17.2 Å². The summed E-state index contributed by atoms with van der Waals surface area (Å²) in [7, 11) is 0. The molecule has 0 radical (unpaired) electrons. The molecule has 3 aromatic rings. The highest BCUT2D eigenvalue weighted by Crippen LogP contribution is 2.39. The molecule has 16 nitrogen and oxygen atoms in total. The SMILES string of the molecule is CCOc1cc(/C=C2\C(=O)NC(=O)N(c3ccc([N+](=O)[O-])cc3)C2=O)ccc1Oc1ccc([N+](=O)[O-])cc1[N+](=O)[O-]. The number of rotatable bonds is 9. The van der Waals surface area contributed by atoms with Gasteiger partial charge in [-0.25, -0.2) is 9.69 Å². The van der Waals surface area contributed by atoms with Crippen LogP contribution in [0.3, 0.4) is 0 Å². The normalized spacial score (nSPS) is 14.0. The number of hydrogen-bond donors (Lipinski definition) is 1. The van der Waals surface area contributed by atoms with Gasteiger partial charge in [0.2, 0.25) is 5.75 Å². The lowest BCUT2D eigenvalue weighted by molar-refractivity contribution is -0.394. The van der Waals surface area contributed by atoms with Crippen LogP contribution in [0.1, 0.15) is 12.5 Å². The van der Waals surface area contributed by atoms with E-state index in [1.165, 1.54) is 36.4 Å². The largest absolute Gasteiger partial charge is 0.490 e. The van der Waals surface area contributed by atoms with Gasteiger partial charge in [0.1, 0.15) is 5.57 Å². The molecule has 4 amide bonds. The van der Waals surface area contributed by atoms with E-state index in [-0.39, 0.29) is 40.8 Å². The minimum Gasteiger partial charge on any atom is -0.490 e. The average molecular weight is 563 g/mol. The third kappa shape index (κ3) is 5.80. The van der Waals surface area contributed by atoms with Crippen LogP contribution in [0.15, 0.2) is 66.2 Å². The summed E-state index contributed by atoms with van der Waals surface area (Å²) in [6, 6.07) is 10.5. The maximum Gasteiger partial charge on any atom is 0.335 e. The van der Waals surface area contributed by atoms with Crippen LogP contribution in [0.5, 0.6) is 17.2 Å². The van der Waals surface area contributed by atoms with Gasteiger partial charge in [-0.2, -0.15) is 0 Å². The summed E-state index contributed by atoms with van der Waals surface area (Å²) in [4.78, 5) is 69.8. The van der Waals surface area contributed by atoms with Gasteiger partial charge >= 0.3 is 11.7 Å². The van der Waals surface area contributed by atoms with Crippen molar-refractivity contribution in [3.63, 3.8) is 0 Å². The van der Waals surface area contributed by atoms with Crippen LogP contribution < -0.4 is 19.7 Å². The maximum atomic E-state index is 13.1. The number of nitro groups is 3. The minimum absolute atomic E-state index is 0.00643. The van der Waals surface area contributed by atoms with Crippen LogP contribution >= 0.6 is 0 Å². The van der Waals surface area contributed by atoms with Gasteiger partial charge < -0.3 is 9.47 Å². The lowest BCUT2D eigenvalue weighted by Crippen LogP contribution is -2.54. The fraction of sp³-hybridized carbons (Fsp3) is 0.0800. The first-order chi connectivity index (χ1) is 19.5. The smallest absolute Gasteiger partial charge is 0.335 e. The Labute approximate surface area is 228 Å². The minimum atomic E-state index is -1.05. The van der Waals surface area contributed by atoms with Crippen LogP contribution in [0, 0.1) is 30.3 Å². The number of carbonyl (C=O) groups excluding carboxylic acids is 3. The second-order valence-electron chi connectivity index (χ2n) is 8.14.